The summed E-state index contributed by atoms with van der Waals surface area (Å²) >= 11 is 0. The number of likely N-dealkylation sites (N-methyl/N-ethyl adjacent to an activating group) is 1. The fraction of sp³-hybridized carbons (Fsp3) is 0.933. The van der Waals surface area contributed by atoms with Gasteiger partial charge in [0.15, 0.2) is 0 Å². The molecule has 4 atom stereocenters. The second-order valence-corrected chi connectivity index (χ2v) is 6.42. The predicted molar refractivity (Wildman–Crippen MR) is 77.8 cm³/mol. The number of piperidine rings is 1. The van der Waals surface area contributed by atoms with Crippen molar-refractivity contribution in [3.63, 3.8) is 0 Å². The molecule has 1 saturated heterocycles. The van der Waals surface area contributed by atoms with Crippen LogP contribution in [0.5, 0.6) is 0 Å². The van der Waals surface area contributed by atoms with Gasteiger partial charge in [-0.2, -0.15) is 0 Å². The molecule has 1 aliphatic carbocycles. The zero-order valence-corrected chi connectivity index (χ0v) is 12.9. The van der Waals surface area contributed by atoms with E-state index in [2.05, 4.69) is 17.1 Å². The van der Waals surface area contributed by atoms with Gasteiger partial charge in [-0.05, 0) is 51.6 Å². The number of nitrogens with one attached hydrogen (secondary N) is 1. The molecule has 0 aromatic carbocycles. The molecule has 0 spiro atoms. The highest BCUT2D eigenvalue weighted by Gasteiger charge is 2.44. The van der Waals surface area contributed by atoms with Crippen LogP contribution in [0.15, 0.2) is 0 Å². The molecule has 0 bridgehead atoms. The van der Waals surface area contributed by atoms with Crippen LogP contribution in [0, 0.1) is 5.92 Å². The monoisotopic (exact) mass is 284 g/mol. The molecule has 2 aliphatic rings. The molecule has 0 amide bonds. The standard InChI is InChI=1S/C15H28N2O3/c1-11-6-8-17(10-13(11)20-3)12-5-4-7-15(9-12,16-2)14(18)19/h11-13,16H,4-10H2,1-3H3,(H,18,19). The van der Waals surface area contributed by atoms with E-state index in [1.807, 2.05) is 0 Å². The number of hydrogen-bond acceptors (Lipinski definition) is 4. The van der Waals surface area contributed by atoms with Crippen LogP contribution in [0.2, 0.25) is 0 Å². The highest BCUT2D eigenvalue weighted by Crippen LogP contribution is 2.33. The van der Waals surface area contributed by atoms with Gasteiger partial charge in [0.25, 0.3) is 0 Å². The number of ether oxygens (including phenoxy) is 1. The smallest absolute Gasteiger partial charge is 0.323 e. The summed E-state index contributed by atoms with van der Waals surface area (Å²) in [4.78, 5) is 14.0. The number of carbonyl (C=O) groups is 1. The Labute approximate surface area is 121 Å². The van der Waals surface area contributed by atoms with Crippen LogP contribution in [0.4, 0.5) is 0 Å². The van der Waals surface area contributed by atoms with E-state index in [1.54, 1.807) is 14.2 Å². The molecule has 5 heteroatoms. The van der Waals surface area contributed by atoms with Gasteiger partial charge in [0.05, 0.1) is 6.10 Å². The minimum absolute atomic E-state index is 0.277. The average Bonchev–Trinajstić information content (AvgIpc) is 2.47. The molecule has 1 saturated carbocycles. The number of aliphatic carboxylic acids is 1. The van der Waals surface area contributed by atoms with Gasteiger partial charge in [0, 0.05) is 19.7 Å². The summed E-state index contributed by atoms with van der Waals surface area (Å²) in [5.74, 6) is -0.119. The number of methoxy groups -OCH3 is 1. The first kappa shape index (κ1) is 15.7. The molecule has 1 heterocycles. The first-order chi connectivity index (χ1) is 9.52. The Morgan fingerprint density at radius 2 is 2.20 bits per heavy atom. The minimum atomic E-state index is -0.742. The molecule has 1 aliphatic heterocycles. The number of carboxylic acids is 1. The van der Waals surface area contributed by atoms with E-state index in [1.165, 1.54) is 0 Å². The highest BCUT2D eigenvalue weighted by molar-refractivity contribution is 5.79. The van der Waals surface area contributed by atoms with Crippen molar-refractivity contribution in [2.45, 2.75) is 56.7 Å². The van der Waals surface area contributed by atoms with E-state index in [0.717, 1.165) is 38.8 Å². The molecule has 5 nitrogen and oxygen atoms in total. The van der Waals surface area contributed by atoms with Gasteiger partial charge in [-0.3, -0.25) is 9.69 Å². The molecule has 20 heavy (non-hydrogen) atoms. The maximum absolute atomic E-state index is 11.6. The molecule has 0 aromatic heterocycles. The van der Waals surface area contributed by atoms with Crippen LogP contribution in [-0.4, -0.2) is 60.9 Å². The predicted octanol–water partition coefficient (Wildman–Crippen LogP) is 1.33. The van der Waals surface area contributed by atoms with Gasteiger partial charge in [-0.15, -0.1) is 0 Å². The number of nitrogens with zero attached hydrogens (tertiary/aromatic N) is 1. The van der Waals surface area contributed by atoms with Crippen molar-refractivity contribution in [1.82, 2.24) is 10.2 Å². The lowest BCUT2D eigenvalue weighted by Gasteiger charge is -2.46. The van der Waals surface area contributed by atoms with Gasteiger partial charge in [-0.1, -0.05) is 6.92 Å². The maximum atomic E-state index is 11.6. The number of likely N-dealkylation sites (tertiary alicyclic amines) is 1. The van der Waals surface area contributed by atoms with E-state index < -0.39 is 11.5 Å². The third kappa shape index (κ3) is 3.00. The second-order valence-electron chi connectivity index (χ2n) is 6.42. The van der Waals surface area contributed by atoms with Crippen molar-refractivity contribution in [1.29, 1.82) is 0 Å². The zero-order valence-electron chi connectivity index (χ0n) is 12.9. The van der Waals surface area contributed by atoms with Crippen LogP contribution >= 0.6 is 0 Å². The molecule has 116 valence electrons. The number of hydrogen-bond donors (Lipinski definition) is 2. The lowest BCUT2D eigenvalue weighted by atomic mass is 9.77. The van der Waals surface area contributed by atoms with Crippen molar-refractivity contribution >= 4 is 5.97 Å². The topological polar surface area (TPSA) is 61.8 Å². The number of rotatable bonds is 4. The van der Waals surface area contributed by atoms with E-state index in [0.29, 0.717) is 18.4 Å². The molecule has 2 fully saturated rings. The summed E-state index contributed by atoms with van der Waals surface area (Å²) in [7, 11) is 3.55. The van der Waals surface area contributed by atoms with Crippen molar-refractivity contribution < 1.29 is 14.6 Å². The van der Waals surface area contributed by atoms with Crippen LogP contribution in [0.1, 0.15) is 39.0 Å². The van der Waals surface area contributed by atoms with Crippen LogP contribution in [0.25, 0.3) is 0 Å². The summed E-state index contributed by atoms with van der Waals surface area (Å²) in [6, 6.07) is 0.359. The maximum Gasteiger partial charge on any atom is 0.323 e. The molecular formula is C15H28N2O3. The van der Waals surface area contributed by atoms with Crippen molar-refractivity contribution in [3.05, 3.63) is 0 Å². The molecule has 4 unspecified atom stereocenters. The summed E-state index contributed by atoms with van der Waals surface area (Å²) in [5.41, 5.74) is -0.742. The van der Waals surface area contributed by atoms with Gasteiger partial charge >= 0.3 is 5.97 Å². The van der Waals surface area contributed by atoms with Gasteiger partial charge in [0.2, 0.25) is 0 Å². The van der Waals surface area contributed by atoms with E-state index in [9.17, 15) is 9.90 Å². The summed E-state index contributed by atoms with van der Waals surface area (Å²) in [5, 5.41) is 12.6. The molecular weight excluding hydrogens is 256 g/mol. The van der Waals surface area contributed by atoms with Crippen LogP contribution < -0.4 is 5.32 Å². The van der Waals surface area contributed by atoms with Crippen LogP contribution in [0.3, 0.4) is 0 Å². The Morgan fingerprint density at radius 3 is 2.80 bits per heavy atom. The first-order valence-electron chi connectivity index (χ1n) is 7.71. The van der Waals surface area contributed by atoms with Crippen molar-refractivity contribution in [2.75, 3.05) is 27.2 Å². The lowest BCUT2D eigenvalue weighted by Crippen LogP contribution is -2.59. The Hall–Kier alpha value is -0.650. The van der Waals surface area contributed by atoms with Crippen molar-refractivity contribution in [2.24, 2.45) is 5.92 Å². The lowest BCUT2D eigenvalue weighted by molar-refractivity contribution is -0.147. The Morgan fingerprint density at radius 1 is 1.45 bits per heavy atom. The van der Waals surface area contributed by atoms with E-state index in [4.69, 9.17) is 4.74 Å². The fourth-order valence-corrected chi connectivity index (χ4v) is 3.78. The second kappa shape index (κ2) is 6.41. The largest absolute Gasteiger partial charge is 0.480 e. The Bertz CT molecular complexity index is 350. The SMILES string of the molecule is CNC1(C(=O)O)CCCC(N2CCC(C)C(OC)C2)C1. The van der Waals surface area contributed by atoms with Crippen LogP contribution in [-0.2, 0) is 9.53 Å². The molecule has 2 N–H and O–H groups in total. The van der Waals surface area contributed by atoms with Crippen molar-refractivity contribution in [3.8, 4) is 0 Å². The molecule has 0 radical (unpaired) electrons. The third-order valence-electron chi connectivity index (χ3n) is 5.35. The summed E-state index contributed by atoms with van der Waals surface area (Å²) < 4.78 is 5.58. The average molecular weight is 284 g/mol. The van der Waals surface area contributed by atoms with Gasteiger partial charge < -0.3 is 15.2 Å². The van der Waals surface area contributed by atoms with Gasteiger partial charge in [0.1, 0.15) is 5.54 Å². The van der Waals surface area contributed by atoms with Gasteiger partial charge in [-0.25, -0.2) is 0 Å². The summed E-state index contributed by atoms with van der Waals surface area (Å²) in [6.07, 6.45) is 4.91. The zero-order chi connectivity index (χ0) is 14.8. The first-order valence-corrected chi connectivity index (χ1v) is 7.71. The highest BCUT2D eigenvalue weighted by atomic mass is 16.5. The van der Waals surface area contributed by atoms with E-state index in [-0.39, 0.29) is 6.10 Å². The quantitative estimate of drug-likeness (QED) is 0.815. The fourth-order valence-electron chi connectivity index (χ4n) is 3.78. The molecule has 2 rings (SSSR count). The Balaban J connectivity index is 2.03. The summed E-state index contributed by atoms with van der Waals surface area (Å²) in [6.45, 7) is 4.23. The third-order valence-corrected chi connectivity index (χ3v) is 5.35. The normalized spacial score (nSPS) is 39.6. The molecule has 0 aromatic rings. The minimum Gasteiger partial charge on any atom is -0.480 e. The Kier molecular flexibility index (Phi) is 5.04. The number of carboxylic acid groups (broad SMARTS) is 1. The van der Waals surface area contributed by atoms with E-state index >= 15 is 0 Å².